The number of hydrogen-bond acceptors (Lipinski definition) is 2. The Labute approximate surface area is 213 Å². The minimum Gasteiger partial charge on any atom is -0.457 e. The third kappa shape index (κ3) is 6.98. The standard InChI is InChI=1S/C28H23Cl2FN2O2/c29-22-14-13-21(25(30)18-22)15-16-33(28(34)32-27-12-5-4-11-26(27)31)19-20-7-6-10-24(17-20)35-23-8-2-1-3-9-23/h1-14,17-18H,15-16,19H2,(H,32,34). The Balaban J connectivity index is 1.53. The van der Waals surface area contributed by atoms with Crippen LogP contribution in [0.2, 0.25) is 10.0 Å². The molecule has 0 aliphatic heterocycles. The van der Waals surface area contributed by atoms with Crippen LogP contribution in [0.3, 0.4) is 0 Å². The first-order chi connectivity index (χ1) is 17.0. The van der Waals surface area contributed by atoms with Gasteiger partial charge in [0.05, 0.1) is 5.69 Å². The summed E-state index contributed by atoms with van der Waals surface area (Å²) in [5, 5.41) is 3.75. The molecule has 7 heteroatoms. The third-order valence-electron chi connectivity index (χ3n) is 5.32. The number of halogens is 3. The topological polar surface area (TPSA) is 41.6 Å². The van der Waals surface area contributed by atoms with Crippen LogP contribution >= 0.6 is 23.2 Å². The Kier molecular flexibility index (Phi) is 8.24. The average molecular weight is 509 g/mol. The van der Waals surface area contributed by atoms with Crippen molar-refractivity contribution in [2.24, 2.45) is 0 Å². The fraction of sp³-hybridized carbons (Fsp3) is 0.107. The van der Waals surface area contributed by atoms with E-state index in [-0.39, 0.29) is 12.2 Å². The second-order valence-electron chi connectivity index (χ2n) is 7.88. The average Bonchev–Trinajstić information content (AvgIpc) is 2.85. The van der Waals surface area contributed by atoms with E-state index in [0.717, 1.165) is 16.9 Å². The number of hydrogen-bond donors (Lipinski definition) is 1. The van der Waals surface area contributed by atoms with Crippen molar-refractivity contribution >= 4 is 34.9 Å². The molecule has 0 saturated heterocycles. The van der Waals surface area contributed by atoms with Gasteiger partial charge in [-0.3, -0.25) is 0 Å². The molecule has 0 aromatic heterocycles. The molecule has 0 bridgehead atoms. The van der Waals surface area contributed by atoms with Gasteiger partial charge in [-0.05, 0) is 66.1 Å². The monoisotopic (exact) mass is 508 g/mol. The maximum absolute atomic E-state index is 14.2. The number of anilines is 1. The molecule has 0 spiro atoms. The Morgan fingerprint density at radius 3 is 2.37 bits per heavy atom. The number of amides is 2. The van der Waals surface area contributed by atoms with Gasteiger partial charge in [-0.2, -0.15) is 0 Å². The maximum atomic E-state index is 14.2. The van der Waals surface area contributed by atoms with E-state index < -0.39 is 11.8 Å². The summed E-state index contributed by atoms with van der Waals surface area (Å²) >= 11 is 12.3. The lowest BCUT2D eigenvalue weighted by atomic mass is 10.1. The van der Waals surface area contributed by atoms with E-state index in [4.69, 9.17) is 27.9 Å². The van der Waals surface area contributed by atoms with Crippen LogP contribution in [-0.2, 0) is 13.0 Å². The van der Waals surface area contributed by atoms with Crippen LogP contribution < -0.4 is 10.1 Å². The Morgan fingerprint density at radius 2 is 1.60 bits per heavy atom. The predicted molar refractivity (Wildman–Crippen MR) is 139 cm³/mol. The minimum absolute atomic E-state index is 0.119. The first-order valence-corrected chi connectivity index (χ1v) is 11.8. The molecule has 4 aromatic rings. The number of para-hydroxylation sites is 2. The summed E-state index contributed by atoms with van der Waals surface area (Å²) in [7, 11) is 0. The van der Waals surface area contributed by atoms with Gasteiger partial charge in [0, 0.05) is 23.1 Å². The van der Waals surface area contributed by atoms with E-state index in [2.05, 4.69) is 5.32 Å². The molecular formula is C28H23Cl2FN2O2. The van der Waals surface area contributed by atoms with E-state index in [1.807, 2.05) is 60.7 Å². The zero-order valence-corrected chi connectivity index (χ0v) is 20.3. The molecule has 0 heterocycles. The number of carbonyl (C=O) groups excluding carboxylic acids is 1. The number of benzene rings is 4. The van der Waals surface area contributed by atoms with Crippen molar-refractivity contribution in [1.82, 2.24) is 4.90 Å². The summed E-state index contributed by atoms with van der Waals surface area (Å²) < 4.78 is 20.1. The number of nitrogens with one attached hydrogen (secondary N) is 1. The summed E-state index contributed by atoms with van der Waals surface area (Å²) in [5.41, 5.74) is 1.85. The van der Waals surface area contributed by atoms with Crippen LogP contribution in [0.1, 0.15) is 11.1 Å². The number of nitrogens with zero attached hydrogens (tertiary/aromatic N) is 1. The van der Waals surface area contributed by atoms with Crippen LogP contribution in [0.15, 0.2) is 97.1 Å². The van der Waals surface area contributed by atoms with Crippen molar-refractivity contribution in [3.05, 3.63) is 124 Å². The first kappa shape index (κ1) is 24.6. The molecule has 2 amide bonds. The van der Waals surface area contributed by atoms with Crippen molar-refractivity contribution in [1.29, 1.82) is 0 Å². The van der Waals surface area contributed by atoms with E-state index in [0.29, 0.717) is 28.8 Å². The van der Waals surface area contributed by atoms with Gasteiger partial charge in [-0.15, -0.1) is 0 Å². The largest absolute Gasteiger partial charge is 0.457 e. The quantitative estimate of drug-likeness (QED) is 0.260. The summed E-state index contributed by atoms with van der Waals surface area (Å²) in [6.45, 7) is 0.642. The lowest BCUT2D eigenvalue weighted by molar-refractivity contribution is 0.209. The van der Waals surface area contributed by atoms with E-state index >= 15 is 0 Å². The Bertz CT molecular complexity index is 1300. The molecular weight excluding hydrogens is 486 g/mol. The SMILES string of the molecule is O=C(Nc1ccccc1F)N(CCc1ccc(Cl)cc1Cl)Cc1cccc(Oc2ccccc2)c1. The highest BCUT2D eigenvalue weighted by Gasteiger charge is 2.17. The number of ether oxygens (including phenoxy) is 1. The lowest BCUT2D eigenvalue weighted by Crippen LogP contribution is -2.36. The minimum atomic E-state index is -0.500. The fourth-order valence-electron chi connectivity index (χ4n) is 3.54. The van der Waals surface area contributed by atoms with Gasteiger partial charge in [0.1, 0.15) is 17.3 Å². The Hall–Kier alpha value is -3.54. The number of urea groups is 1. The van der Waals surface area contributed by atoms with Gasteiger partial charge in [0.15, 0.2) is 0 Å². The fourth-order valence-corrected chi connectivity index (χ4v) is 4.04. The highest BCUT2D eigenvalue weighted by Crippen LogP contribution is 2.24. The zero-order chi connectivity index (χ0) is 24.6. The van der Waals surface area contributed by atoms with E-state index in [9.17, 15) is 9.18 Å². The highest BCUT2D eigenvalue weighted by atomic mass is 35.5. The van der Waals surface area contributed by atoms with Gasteiger partial charge < -0.3 is 15.0 Å². The molecule has 0 atom stereocenters. The van der Waals surface area contributed by atoms with Crippen LogP contribution in [-0.4, -0.2) is 17.5 Å². The van der Waals surface area contributed by atoms with E-state index in [1.54, 1.807) is 29.2 Å². The molecule has 1 N–H and O–H groups in total. The maximum Gasteiger partial charge on any atom is 0.322 e. The number of carbonyl (C=O) groups is 1. The van der Waals surface area contributed by atoms with Crippen molar-refractivity contribution in [2.75, 3.05) is 11.9 Å². The van der Waals surface area contributed by atoms with Crippen molar-refractivity contribution < 1.29 is 13.9 Å². The summed E-state index contributed by atoms with van der Waals surface area (Å²) in [5.74, 6) is 0.875. The van der Waals surface area contributed by atoms with Crippen LogP contribution in [0.5, 0.6) is 11.5 Å². The lowest BCUT2D eigenvalue weighted by Gasteiger charge is -2.24. The van der Waals surface area contributed by atoms with Crippen LogP contribution in [0.25, 0.3) is 0 Å². The molecule has 0 unspecified atom stereocenters. The van der Waals surface area contributed by atoms with E-state index in [1.165, 1.54) is 12.1 Å². The van der Waals surface area contributed by atoms with Gasteiger partial charge in [0.25, 0.3) is 0 Å². The molecule has 4 aromatic carbocycles. The Morgan fingerprint density at radius 1 is 0.857 bits per heavy atom. The van der Waals surface area contributed by atoms with Crippen molar-refractivity contribution in [2.45, 2.75) is 13.0 Å². The molecule has 0 aliphatic carbocycles. The molecule has 35 heavy (non-hydrogen) atoms. The summed E-state index contributed by atoms with van der Waals surface area (Å²) in [4.78, 5) is 14.8. The molecule has 4 nitrogen and oxygen atoms in total. The second kappa shape index (κ2) is 11.7. The van der Waals surface area contributed by atoms with Crippen molar-refractivity contribution in [3.8, 4) is 11.5 Å². The highest BCUT2D eigenvalue weighted by molar-refractivity contribution is 6.35. The van der Waals surface area contributed by atoms with Crippen LogP contribution in [0.4, 0.5) is 14.9 Å². The van der Waals surface area contributed by atoms with Crippen LogP contribution in [0, 0.1) is 5.82 Å². The van der Waals surface area contributed by atoms with Gasteiger partial charge >= 0.3 is 6.03 Å². The van der Waals surface area contributed by atoms with Gasteiger partial charge in [-0.25, -0.2) is 9.18 Å². The smallest absolute Gasteiger partial charge is 0.322 e. The normalized spacial score (nSPS) is 10.6. The zero-order valence-electron chi connectivity index (χ0n) is 18.8. The second-order valence-corrected chi connectivity index (χ2v) is 8.72. The third-order valence-corrected chi connectivity index (χ3v) is 5.91. The molecule has 0 fully saturated rings. The molecule has 0 aliphatic rings. The van der Waals surface area contributed by atoms with Crippen molar-refractivity contribution in [3.63, 3.8) is 0 Å². The summed E-state index contributed by atoms with van der Waals surface area (Å²) in [6, 6.07) is 27.9. The molecule has 178 valence electrons. The van der Waals surface area contributed by atoms with Gasteiger partial charge in [0.2, 0.25) is 0 Å². The number of rotatable bonds is 8. The predicted octanol–water partition coefficient (Wildman–Crippen LogP) is 8.20. The molecule has 0 saturated carbocycles. The summed E-state index contributed by atoms with van der Waals surface area (Å²) in [6.07, 6.45) is 0.501. The first-order valence-electron chi connectivity index (χ1n) is 11.0. The molecule has 4 rings (SSSR count). The van der Waals surface area contributed by atoms with Gasteiger partial charge in [-0.1, -0.05) is 71.7 Å². The molecule has 0 radical (unpaired) electrons.